The Morgan fingerprint density at radius 2 is 1.97 bits per heavy atom. The van der Waals surface area contributed by atoms with Crippen LogP contribution in [0.2, 0.25) is 0 Å². The van der Waals surface area contributed by atoms with E-state index in [0.29, 0.717) is 34.5 Å². The summed E-state index contributed by atoms with van der Waals surface area (Å²) in [5, 5.41) is 13.2. The van der Waals surface area contributed by atoms with Crippen molar-refractivity contribution in [1.82, 2.24) is 5.32 Å². The Bertz CT molecular complexity index is 958. The van der Waals surface area contributed by atoms with Crippen LogP contribution < -0.4 is 5.32 Å². The third kappa shape index (κ3) is 3.84. The van der Waals surface area contributed by atoms with Gasteiger partial charge in [0.2, 0.25) is 0 Å². The number of aromatic hydroxyl groups is 1. The summed E-state index contributed by atoms with van der Waals surface area (Å²) in [6.07, 6.45) is 0.114. The lowest BCUT2D eigenvalue weighted by atomic mass is 9.69. The van der Waals surface area contributed by atoms with E-state index in [1.54, 1.807) is 32.9 Å². The van der Waals surface area contributed by atoms with Crippen LogP contribution in [0.3, 0.4) is 0 Å². The first-order valence-corrected chi connectivity index (χ1v) is 9.98. The smallest absolute Gasteiger partial charge is 0.337 e. The fourth-order valence-corrected chi connectivity index (χ4v) is 4.27. The molecule has 0 amide bonds. The number of nitrogens with one attached hydrogen (secondary N) is 1. The van der Waals surface area contributed by atoms with Crippen molar-refractivity contribution in [2.75, 3.05) is 7.11 Å². The monoisotopic (exact) mass is 413 g/mol. The number of carbonyl (C=O) groups excluding carboxylic acids is 3. The van der Waals surface area contributed by atoms with Crippen molar-refractivity contribution < 1.29 is 29.0 Å². The summed E-state index contributed by atoms with van der Waals surface area (Å²) in [7, 11) is 1.26. The first-order chi connectivity index (χ1) is 14.1. The molecule has 1 aromatic rings. The van der Waals surface area contributed by atoms with Gasteiger partial charge >= 0.3 is 11.9 Å². The van der Waals surface area contributed by atoms with E-state index in [-0.39, 0.29) is 23.6 Å². The number of carbonyl (C=O) groups is 3. The highest BCUT2D eigenvalue weighted by molar-refractivity contribution is 6.12. The molecule has 2 aliphatic rings. The molecule has 0 saturated carbocycles. The maximum absolute atomic E-state index is 13.5. The van der Waals surface area contributed by atoms with Gasteiger partial charge in [-0.15, -0.1) is 0 Å². The third-order valence-corrected chi connectivity index (χ3v) is 5.51. The summed E-state index contributed by atoms with van der Waals surface area (Å²) in [6, 6.07) is 6.44. The predicted molar refractivity (Wildman–Crippen MR) is 109 cm³/mol. The number of dihydropyridines is 1. The van der Waals surface area contributed by atoms with Gasteiger partial charge in [-0.25, -0.2) is 4.79 Å². The molecule has 0 unspecified atom stereocenters. The van der Waals surface area contributed by atoms with Crippen LogP contribution in [0.5, 0.6) is 5.75 Å². The quantitative estimate of drug-likeness (QED) is 0.578. The highest BCUT2D eigenvalue weighted by Crippen LogP contribution is 2.45. The highest BCUT2D eigenvalue weighted by atomic mass is 16.5. The Kier molecular flexibility index (Phi) is 6.01. The minimum Gasteiger partial charge on any atom is -0.508 e. The molecule has 0 saturated heterocycles. The number of benzene rings is 1. The standard InChI is InChI=1S/C23H27NO6/c1-11(2)30-23(28)18-13(4)24-16-9-12(3)17(22(27)29-5)21(26)20(16)19(18)14-7-6-8-15(25)10-14/h6-8,10-12,17,19,24-25H,9H2,1-5H3/t12-,17+,19-/m0/s1. The zero-order valence-electron chi connectivity index (χ0n) is 17.8. The molecule has 0 aromatic heterocycles. The van der Waals surface area contributed by atoms with E-state index >= 15 is 0 Å². The molecule has 3 rings (SSSR count). The number of ether oxygens (including phenoxy) is 2. The molecule has 1 aromatic carbocycles. The van der Waals surface area contributed by atoms with Gasteiger partial charge in [0.15, 0.2) is 5.78 Å². The molecule has 0 radical (unpaired) electrons. The van der Waals surface area contributed by atoms with Crippen molar-refractivity contribution in [3.63, 3.8) is 0 Å². The molecule has 7 heteroatoms. The Morgan fingerprint density at radius 1 is 1.27 bits per heavy atom. The van der Waals surface area contributed by atoms with Gasteiger partial charge in [-0.1, -0.05) is 19.1 Å². The lowest BCUT2D eigenvalue weighted by Crippen LogP contribution is -2.43. The molecule has 1 aliphatic heterocycles. The van der Waals surface area contributed by atoms with Crippen molar-refractivity contribution in [1.29, 1.82) is 0 Å². The zero-order valence-corrected chi connectivity index (χ0v) is 17.8. The van der Waals surface area contributed by atoms with E-state index in [2.05, 4.69) is 5.32 Å². The van der Waals surface area contributed by atoms with Crippen LogP contribution in [0.15, 0.2) is 46.8 Å². The fraction of sp³-hybridized carbons (Fsp3) is 0.435. The highest BCUT2D eigenvalue weighted by Gasteiger charge is 2.47. The summed E-state index contributed by atoms with van der Waals surface area (Å²) in [4.78, 5) is 38.9. The van der Waals surface area contributed by atoms with Crippen LogP contribution in [0.25, 0.3) is 0 Å². The molecule has 7 nitrogen and oxygen atoms in total. The number of hydrogen-bond acceptors (Lipinski definition) is 7. The first kappa shape index (κ1) is 21.6. The second kappa shape index (κ2) is 8.34. The average molecular weight is 413 g/mol. The summed E-state index contributed by atoms with van der Waals surface area (Å²) in [5.41, 5.74) is 2.48. The number of Topliss-reactive ketones (excluding diaryl/α,β-unsaturated/α-hetero) is 1. The molecule has 2 N–H and O–H groups in total. The van der Waals surface area contributed by atoms with Gasteiger partial charge in [0.05, 0.1) is 18.8 Å². The van der Waals surface area contributed by atoms with E-state index < -0.39 is 23.8 Å². The van der Waals surface area contributed by atoms with E-state index in [1.807, 2.05) is 6.92 Å². The van der Waals surface area contributed by atoms with Crippen LogP contribution in [-0.2, 0) is 23.9 Å². The number of allylic oxidation sites excluding steroid dienone is 3. The predicted octanol–water partition coefficient (Wildman–Crippen LogP) is 2.96. The van der Waals surface area contributed by atoms with Gasteiger partial charge < -0.3 is 19.9 Å². The molecule has 1 heterocycles. The number of hydrogen-bond donors (Lipinski definition) is 2. The molecular formula is C23H27NO6. The van der Waals surface area contributed by atoms with Crippen LogP contribution in [0.4, 0.5) is 0 Å². The minimum absolute atomic E-state index is 0.0172. The lowest BCUT2D eigenvalue weighted by Gasteiger charge is -2.38. The van der Waals surface area contributed by atoms with Gasteiger partial charge in [0, 0.05) is 22.9 Å². The van der Waals surface area contributed by atoms with Crippen molar-refractivity contribution in [3.05, 3.63) is 52.4 Å². The topological polar surface area (TPSA) is 102 Å². The van der Waals surface area contributed by atoms with Gasteiger partial charge in [0.25, 0.3) is 0 Å². The Balaban J connectivity index is 2.19. The van der Waals surface area contributed by atoms with Crippen LogP contribution >= 0.6 is 0 Å². The Hall–Kier alpha value is -3.09. The number of methoxy groups -OCH3 is 1. The molecule has 0 spiro atoms. The first-order valence-electron chi connectivity index (χ1n) is 9.98. The van der Waals surface area contributed by atoms with E-state index in [0.717, 1.165) is 0 Å². The number of phenols is 1. The molecule has 160 valence electrons. The summed E-state index contributed by atoms with van der Waals surface area (Å²) in [6.45, 7) is 7.09. The second-order valence-corrected chi connectivity index (χ2v) is 8.08. The van der Waals surface area contributed by atoms with Gasteiger partial charge in [-0.2, -0.15) is 0 Å². The van der Waals surface area contributed by atoms with Gasteiger partial charge in [-0.3, -0.25) is 9.59 Å². The number of esters is 2. The van der Waals surface area contributed by atoms with Crippen LogP contribution in [0.1, 0.15) is 45.6 Å². The van der Waals surface area contributed by atoms with Crippen molar-refractivity contribution in [2.24, 2.45) is 11.8 Å². The Labute approximate surface area is 175 Å². The fourth-order valence-electron chi connectivity index (χ4n) is 4.27. The lowest BCUT2D eigenvalue weighted by molar-refractivity contribution is -0.151. The SMILES string of the molecule is COC(=O)[C@H]1C(=O)C2=C(C[C@@H]1C)NC(C)=C(C(=O)OC(C)C)[C@@H]2c1cccc(O)c1. The van der Waals surface area contributed by atoms with Gasteiger partial charge in [0.1, 0.15) is 11.7 Å². The van der Waals surface area contributed by atoms with E-state index in [1.165, 1.54) is 19.2 Å². The maximum Gasteiger partial charge on any atom is 0.337 e. The van der Waals surface area contributed by atoms with Crippen molar-refractivity contribution in [2.45, 2.75) is 46.1 Å². The normalized spacial score (nSPS) is 23.8. The average Bonchev–Trinajstić information content (AvgIpc) is 2.65. The maximum atomic E-state index is 13.5. The Morgan fingerprint density at radius 3 is 2.57 bits per heavy atom. The summed E-state index contributed by atoms with van der Waals surface area (Å²) < 4.78 is 10.3. The van der Waals surface area contributed by atoms with Crippen LogP contribution in [0, 0.1) is 11.8 Å². The molecule has 3 atom stereocenters. The number of phenolic OH excluding ortho intramolecular Hbond substituents is 1. The zero-order chi connectivity index (χ0) is 22.2. The number of ketones is 1. The van der Waals surface area contributed by atoms with Gasteiger partial charge in [-0.05, 0) is 50.8 Å². The number of rotatable bonds is 4. The van der Waals surface area contributed by atoms with E-state index in [4.69, 9.17) is 9.47 Å². The minimum atomic E-state index is -0.948. The summed E-state index contributed by atoms with van der Waals surface area (Å²) in [5.74, 6) is -3.45. The van der Waals surface area contributed by atoms with Crippen molar-refractivity contribution in [3.8, 4) is 5.75 Å². The third-order valence-electron chi connectivity index (χ3n) is 5.51. The largest absolute Gasteiger partial charge is 0.508 e. The second-order valence-electron chi connectivity index (χ2n) is 8.08. The van der Waals surface area contributed by atoms with E-state index in [9.17, 15) is 19.5 Å². The molecule has 1 aliphatic carbocycles. The molecule has 30 heavy (non-hydrogen) atoms. The molecule has 0 fully saturated rings. The molecular weight excluding hydrogens is 386 g/mol. The summed E-state index contributed by atoms with van der Waals surface area (Å²) >= 11 is 0. The van der Waals surface area contributed by atoms with Crippen LogP contribution in [-0.4, -0.2) is 36.0 Å². The van der Waals surface area contributed by atoms with Crippen molar-refractivity contribution >= 4 is 17.7 Å². The molecule has 0 bridgehead atoms.